The Morgan fingerprint density at radius 1 is 1.08 bits per heavy atom. The number of carbonyl (C=O) groups is 4. The van der Waals surface area contributed by atoms with Crippen molar-refractivity contribution in [3.63, 3.8) is 0 Å². The van der Waals surface area contributed by atoms with Gasteiger partial charge in [-0.05, 0) is 45.2 Å². The van der Waals surface area contributed by atoms with E-state index in [1.54, 1.807) is 45.0 Å². The van der Waals surface area contributed by atoms with Crippen LogP contribution in [0.15, 0.2) is 24.3 Å². The van der Waals surface area contributed by atoms with E-state index in [-0.39, 0.29) is 6.54 Å². The van der Waals surface area contributed by atoms with Crippen molar-refractivity contribution >= 4 is 23.8 Å². The molecule has 9 nitrogen and oxygen atoms in total. The van der Waals surface area contributed by atoms with Crippen LogP contribution in [0.1, 0.15) is 90.3 Å². The summed E-state index contributed by atoms with van der Waals surface area (Å²) in [4.78, 5) is 53.3. The first-order valence-corrected chi connectivity index (χ1v) is 12.9. The largest absolute Gasteiger partial charge is 0.444 e. The topological polar surface area (TPSA) is 131 Å². The van der Waals surface area contributed by atoms with Gasteiger partial charge in [0.1, 0.15) is 17.7 Å². The first-order valence-electron chi connectivity index (χ1n) is 12.9. The molecule has 9 heteroatoms. The fourth-order valence-electron chi connectivity index (χ4n) is 3.75. The number of unbranched alkanes of at least 4 members (excludes halogenated alkanes) is 3. The van der Waals surface area contributed by atoms with Crippen molar-refractivity contribution in [3.05, 3.63) is 35.4 Å². The fourth-order valence-corrected chi connectivity index (χ4v) is 3.75. The Morgan fingerprint density at radius 2 is 1.73 bits per heavy atom. The Morgan fingerprint density at radius 3 is 2.30 bits per heavy atom. The molecule has 4 amide bonds. The molecule has 1 aromatic carbocycles. The van der Waals surface area contributed by atoms with Gasteiger partial charge in [-0.2, -0.15) is 0 Å². The van der Waals surface area contributed by atoms with Gasteiger partial charge in [-0.25, -0.2) is 4.79 Å². The first-order chi connectivity index (χ1) is 17.4. The molecular formula is C28H42N4O5. The van der Waals surface area contributed by atoms with Crippen LogP contribution in [-0.2, 0) is 19.1 Å². The summed E-state index contributed by atoms with van der Waals surface area (Å²) in [6, 6.07) is 4.53. The lowest BCUT2D eigenvalue weighted by molar-refractivity contribution is -0.143. The van der Waals surface area contributed by atoms with Crippen molar-refractivity contribution in [2.75, 3.05) is 13.1 Å². The average molecular weight is 515 g/mol. The summed E-state index contributed by atoms with van der Waals surface area (Å²) in [5, 5.41) is 5.38. The molecule has 0 bridgehead atoms. The van der Waals surface area contributed by atoms with Crippen LogP contribution < -0.4 is 16.4 Å². The number of benzene rings is 1. The smallest absolute Gasteiger partial charge is 0.408 e. The third-order valence-electron chi connectivity index (χ3n) is 5.48. The van der Waals surface area contributed by atoms with E-state index in [1.165, 1.54) is 4.90 Å². The van der Waals surface area contributed by atoms with Gasteiger partial charge in [-0.3, -0.25) is 14.4 Å². The third-order valence-corrected chi connectivity index (χ3v) is 5.48. The van der Waals surface area contributed by atoms with Crippen LogP contribution in [0.2, 0.25) is 0 Å². The SMILES string of the molecule is C#Cc1ccccc1C(C(=O)NCCCC)N(CCCCC)C(=O)C(CC(N)=O)NC(=O)OC(C)(C)C. The zero-order valence-electron chi connectivity index (χ0n) is 22.8. The quantitative estimate of drug-likeness (QED) is 0.259. The Hall–Kier alpha value is -3.54. The summed E-state index contributed by atoms with van der Waals surface area (Å²) in [5.74, 6) is 0.801. The van der Waals surface area contributed by atoms with Crippen LogP contribution in [0, 0.1) is 12.3 Å². The van der Waals surface area contributed by atoms with Gasteiger partial charge in [-0.1, -0.05) is 57.2 Å². The molecule has 0 saturated heterocycles. The van der Waals surface area contributed by atoms with Crippen molar-refractivity contribution in [2.24, 2.45) is 5.73 Å². The molecule has 2 unspecified atom stereocenters. The van der Waals surface area contributed by atoms with E-state index in [0.717, 1.165) is 25.7 Å². The van der Waals surface area contributed by atoms with Crippen molar-refractivity contribution < 1.29 is 23.9 Å². The second-order valence-corrected chi connectivity index (χ2v) is 9.89. The molecule has 1 aromatic rings. The number of hydrogen-bond acceptors (Lipinski definition) is 5. The average Bonchev–Trinajstić information content (AvgIpc) is 2.81. The van der Waals surface area contributed by atoms with Crippen molar-refractivity contribution in [2.45, 2.75) is 90.8 Å². The molecule has 4 N–H and O–H groups in total. The van der Waals surface area contributed by atoms with Crippen molar-refractivity contribution in [3.8, 4) is 12.3 Å². The summed E-state index contributed by atoms with van der Waals surface area (Å²) in [7, 11) is 0. The zero-order chi connectivity index (χ0) is 28.0. The summed E-state index contributed by atoms with van der Waals surface area (Å²) >= 11 is 0. The van der Waals surface area contributed by atoms with Gasteiger partial charge in [0.05, 0.1) is 6.42 Å². The molecule has 0 aliphatic rings. The highest BCUT2D eigenvalue weighted by Gasteiger charge is 2.37. The normalized spacial score (nSPS) is 12.5. The highest BCUT2D eigenvalue weighted by molar-refractivity contribution is 5.94. The number of nitrogens with one attached hydrogen (secondary N) is 2. The summed E-state index contributed by atoms with van der Waals surface area (Å²) < 4.78 is 5.29. The Balaban J connectivity index is 3.54. The van der Waals surface area contributed by atoms with Crippen LogP contribution >= 0.6 is 0 Å². The monoisotopic (exact) mass is 514 g/mol. The number of rotatable bonds is 14. The van der Waals surface area contributed by atoms with Gasteiger partial charge in [0.15, 0.2) is 0 Å². The van der Waals surface area contributed by atoms with E-state index < -0.39 is 47.9 Å². The number of primary amides is 1. The third kappa shape index (κ3) is 10.9. The fraction of sp³-hybridized carbons (Fsp3) is 0.571. The standard InChI is InChI=1S/C28H42N4O5/c1-7-10-14-18-32(26(35)22(19-23(29)33)31-27(36)37-28(4,5)6)24(25(34)30-17-11-8-2)21-16-13-12-15-20(21)9-3/h3,12-13,15-16,22,24H,7-8,10-11,14,17-19H2,1-2,4-6H3,(H2,29,33)(H,30,34)(H,31,36). The van der Waals surface area contributed by atoms with E-state index >= 15 is 0 Å². The molecule has 0 radical (unpaired) electrons. The van der Waals surface area contributed by atoms with E-state index in [0.29, 0.717) is 24.1 Å². The predicted octanol–water partition coefficient (Wildman–Crippen LogP) is 3.41. The summed E-state index contributed by atoms with van der Waals surface area (Å²) in [5.41, 5.74) is 5.56. The molecule has 1 rings (SSSR count). The second-order valence-electron chi connectivity index (χ2n) is 9.89. The number of nitrogens with zero attached hydrogens (tertiary/aromatic N) is 1. The van der Waals surface area contributed by atoms with Crippen LogP contribution in [0.25, 0.3) is 0 Å². The number of nitrogens with two attached hydrogens (primary N) is 1. The van der Waals surface area contributed by atoms with Crippen molar-refractivity contribution in [1.29, 1.82) is 0 Å². The second kappa shape index (κ2) is 15.5. The predicted molar refractivity (Wildman–Crippen MR) is 143 cm³/mol. The van der Waals surface area contributed by atoms with E-state index in [9.17, 15) is 19.2 Å². The summed E-state index contributed by atoms with van der Waals surface area (Å²) in [6.07, 6.45) is 8.37. The molecule has 0 spiro atoms. The van der Waals surface area contributed by atoms with E-state index in [2.05, 4.69) is 16.6 Å². The molecule has 2 atom stereocenters. The molecule has 37 heavy (non-hydrogen) atoms. The lowest BCUT2D eigenvalue weighted by Crippen LogP contribution is -2.54. The van der Waals surface area contributed by atoms with Gasteiger partial charge in [0.25, 0.3) is 0 Å². The molecular weight excluding hydrogens is 472 g/mol. The highest BCUT2D eigenvalue weighted by atomic mass is 16.6. The van der Waals surface area contributed by atoms with Crippen LogP contribution in [0.4, 0.5) is 4.79 Å². The van der Waals surface area contributed by atoms with Crippen molar-refractivity contribution in [1.82, 2.24) is 15.5 Å². The minimum atomic E-state index is -1.32. The molecule has 0 heterocycles. The molecule has 0 aromatic heterocycles. The minimum Gasteiger partial charge on any atom is -0.444 e. The van der Waals surface area contributed by atoms with E-state index in [1.807, 2.05) is 13.8 Å². The number of terminal acetylenes is 1. The number of hydrogen-bond donors (Lipinski definition) is 3. The number of alkyl carbamates (subject to hydrolysis) is 1. The van der Waals surface area contributed by atoms with Gasteiger partial charge in [0.2, 0.25) is 17.7 Å². The van der Waals surface area contributed by atoms with Crippen LogP contribution in [-0.4, -0.2) is 53.4 Å². The minimum absolute atomic E-state index is 0.211. The number of ether oxygens (including phenoxy) is 1. The Bertz CT molecular complexity index is 964. The van der Waals surface area contributed by atoms with Gasteiger partial charge in [0, 0.05) is 18.7 Å². The Kier molecular flexibility index (Phi) is 13.2. The maximum absolute atomic E-state index is 13.9. The van der Waals surface area contributed by atoms with Gasteiger partial charge < -0.3 is 26.0 Å². The van der Waals surface area contributed by atoms with Crippen LogP contribution in [0.3, 0.4) is 0 Å². The molecule has 0 aliphatic heterocycles. The molecule has 204 valence electrons. The number of carbonyl (C=O) groups excluding carboxylic acids is 4. The van der Waals surface area contributed by atoms with Gasteiger partial charge in [-0.15, -0.1) is 6.42 Å². The zero-order valence-corrected chi connectivity index (χ0v) is 22.8. The molecule has 0 saturated carbocycles. The molecule has 0 aliphatic carbocycles. The maximum atomic E-state index is 13.9. The summed E-state index contributed by atoms with van der Waals surface area (Å²) in [6.45, 7) is 9.72. The first kappa shape index (κ1) is 31.5. The number of amides is 4. The van der Waals surface area contributed by atoms with Gasteiger partial charge >= 0.3 is 6.09 Å². The van der Waals surface area contributed by atoms with Crippen LogP contribution in [0.5, 0.6) is 0 Å². The molecule has 0 fully saturated rings. The Labute approximate surface area is 220 Å². The maximum Gasteiger partial charge on any atom is 0.408 e. The lowest BCUT2D eigenvalue weighted by atomic mass is 9.96. The highest BCUT2D eigenvalue weighted by Crippen LogP contribution is 2.26. The lowest BCUT2D eigenvalue weighted by Gasteiger charge is -2.34. The van der Waals surface area contributed by atoms with E-state index in [4.69, 9.17) is 16.9 Å².